The maximum absolute atomic E-state index is 10.2. The van der Waals surface area contributed by atoms with Crippen molar-refractivity contribution in [3.05, 3.63) is 0 Å². The van der Waals surface area contributed by atoms with Gasteiger partial charge < -0.3 is 0 Å². The van der Waals surface area contributed by atoms with E-state index >= 15 is 0 Å². The minimum absolute atomic E-state index is 0.413. The summed E-state index contributed by atoms with van der Waals surface area (Å²) in [5.41, 5.74) is 6.69. The minimum atomic E-state index is -0.413. The van der Waals surface area contributed by atoms with E-state index in [1.807, 2.05) is 0 Å². The molecule has 0 fully saturated rings. The fourth-order valence-electron chi connectivity index (χ4n) is 1.24. The third-order valence-electron chi connectivity index (χ3n) is 2.01. The second-order valence-electron chi connectivity index (χ2n) is 3.29. The first-order valence-corrected chi connectivity index (χ1v) is 5.01. The summed E-state index contributed by atoms with van der Waals surface area (Å²) in [4.78, 5) is 10.2. The highest BCUT2D eigenvalue weighted by atomic mass is 16.1. The molecule has 1 radical (unpaired) electrons. The summed E-state index contributed by atoms with van der Waals surface area (Å²) in [7, 11) is 0. The monoisotopic (exact) mass is 170 g/mol. The van der Waals surface area contributed by atoms with Gasteiger partial charge in [-0.1, -0.05) is 45.4 Å². The molecule has 0 aromatic heterocycles. The van der Waals surface area contributed by atoms with Gasteiger partial charge in [0.05, 0.1) is 0 Å². The van der Waals surface area contributed by atoms with E-state index in [9.17, 15) is 4.79 Å². The van der Waals surface area contributed by atoms with E-state index < -0.39 is 5.91 Å². The molecule has 0 heterocycles. The largest absolute Gasteiger partial charge is 0.273 e. The third kappa shape index (κ3) is 9.47. The Hall–Kier alpha value is -0.530. The number of rotatable bonds is 8. The predicted octanol–water partition coefficient (Wildman–Crippen LogP) is 2.94. The summed E-state index contributed by atoms with van der Waals surface area (Å²) in [6.45, 7) is 2.21. The lowest BCUT2D eigenvalue weighted by Gasteiger charge is -1.98. The van der Waals surface area contributed by atoms with Gasteiger partial charge in [0.2, 0.25) is 5.91 Å². The molecule has 0 spiro atoms. The summed E-state index contributed by atoms with van der Waals surface area (Å²) >= 11 is 0. The smallest absolute Gasteiger partial charge is 0.238 e. The molecule has 0 aliphatic carbocycles. The molecule has 71 valence electrons. The van der Waals surface area contributed by atoms with Crippen LogP contribution in [-0.2, 0) is 4.79 Å². The van der Waals surface area contributed by atoms with Gasteiger partial charge in [0.25, 0.3) is 0 Å². The van der Waals surface area contributed by atoms with Crippen LogP contribution in [0.1, 0.15) is 58.3 Å². The van der Waals surface area contributed by atoms with Crippen LogP contribution in [-0.4, -0.2) is 5.91 Å². The number of carbonyl (C=O) groups excluding carboxylic acids is 1. The Balaban J connectivity index is 2.86. The molecule has 0 aromatic carbocycles. The number of carbonyl (C=O) groups is 1. The average molecular weight is 170 g/mol. The van der Waals surface area contributed by atoms with Crippen molar-refractivity contribution >= 4 is 5.91 Å². The second kappa shape index (κ2) is 8.57. The molecule has 0 saturated carbocycles. The summed E-state index contributed by atoms with van der Waals surface area (Å²) < 4.78 is 0. The Morgan fingerprint density at radius 1 is 1.00 bits per heavy atom. The Morgan fingerprint density at radius 2 is 1.50 bits per heavy atom. The zero-order valence-corrected chi connectivity index (χ0v) is 8.07. The van der Waals surface area contributed by atoms with Gasteiger partial charge in [-0.15, -0.1) is 0 Å². The van der Waals surface area contributed by atoms with E-state index in [1.165, 1.54) is 32.1 Å². The van der Waals surface area contributed by atoms with E-state index in [-0.39, 0.29) is 0 Å². The van der Waals surface area contributed by atoms with Gasteiger partial charge in [-0.05, 0) is 6.42 Å². The molecule has 0 aliphatic heterocycles. The normalized spacial score (nSPS) is 10.1. The molecule has 0 aliphatic rings. The number of unbranched alkanes of at least 4 members (excludes halogenated alkanes) is 6. The molecule has 1 amide bonds. The Kier molecular flexibility index (Phi) is 8.19. The van der Waals surface area contributed by atoms with E-state index in [1.54, 1.807) is 0 Å². The van der Waals surface area contributed by atoms with Crippen LogP contribution in [0.25, 0.3) is 0 Å². The van der Waals surface area contributed by atoms with Gasteiger partial charge in [0, 0.05) is 6.42 Å². The Bertz CT molecular complexity index is 112. The minimum Gasteiger partial charge on any atom is -0.273 e. The Labute approximate surface area is 75.5 Å². The van der Waals surface area contributed by atoms with E-state index in [2.05, 4.69) is 6.92 Å². The van der Waals surface area contributed by atoms with Gasteiger partial charge in [-0.25, -0.2) is 0 Å². The molecule has 0 atom stereocenters. The summed E-state index contributed by atoms with van der Waals surface area (Å²) in [5, 5.41) is 0. The van der Waals surface area contributed by atoms with Crippen LogP contribution >= 0.6 is 0 Å². The lowest BCUT2D eigenvalue weighted by Crippen LogP contribution is -1.96. The van der Waals surface area contributed by atoms with Crippen molar-refractivity contribution in [2.45, 2.75) is 58.3 Å². The maximum atomic E-state index is 10.2. The van der Waals surface area contributed by atoms with Crippen molar-refractivity contribution in [2.24, 2.45) is 0 Å². The summed E-state index contributed by atoms with van der Waals surface area (Å²) in [6, 6.07) is 0. The average Bonchev–Trinajstić information content (AvgIpc) is 2.02. The van der Waals surface area contributed by atoms with Crippen molar-refractivity contribution in [1.29, 1.82) is 0 Å². The first-order chi connectivity index (χ1) is 5.77. The lowest BCUT2D eigenvalue weighted by atomic mass is 10.1. The van der Waals surface area contributed by atoms with E-state index in [0.29, 0.717) is 6.42 Å². The van der Waals surface area contributed by atoms with E-state index in [4.69, 9.17) is 5.73 Å². The van der Waals surface area contributed by atoms with Crippen molar-refractivity contribution in [3.63, 3.8) is 0 Å². The fourth-order valence-corrected chi connectivity index (χ4v) is 1.24. The van der Waals surface area contributed by atoms with Crippen molar-refractivity contribution < 1.29 is 4.79 Å². The van der Waals surface area contributed by atoms with Crippen molar-refractivity contribution in [2.75, 3.05) is 0 Å². The molecule has 0 unspecified atom stereocenters. The zero-order valence-electron chi connectivity index (χ0n) is 8.07. The molecule has 0 saturated heterocycles. The predicted molar refractivity (Wildman–Crippen MR) is 50.7 cm³/mol. The fraction of sp³-hybridized carbons (Fsp3) is 0.900. The molecule has 2 heteroatoms. The first-order valence-electron chi connectivity index (χ1n) is 5.01. The van der Waals surface area contributed by atoms with Gasteiger partial charge in [-0.3, -0.25) is 10.5 Å². The quantitative estimate of drug-likeness (QED) is 0.516. The van der Waals surface area contributed by atoms with Crippen molar-refractivity contribution in [3.8, 4) is 0 Å². The molecule has 1 N–H and O–H groups in total. The van der Waals surface area contributed by atoms with Crippen LogP contribution in [0, 0.1) is 0 Å². The standard InChI is InChI=1S/C10H20NO/c1-2-3-4-5-6-7-8-9-10(11)12/h11H,2-9H2,1H3. The van der Waals surface area contributed by atoms with Crippen LogP contribution in [0.15, 0.2) is 0 Å². The molecular formula is C10H20NO. The topological polar surface area (TPSA) is 40.9 Å². The van der Waals surface area contributed by atoms with E-state index in [0.717, 1.165) is 12.8 Å². The lowest BCUT2D eigenvalue weighted by molar-refractivity contribution is -0.118. The second-order valence-corrected chi connectivity index (χ2v) is 3.29. The molecule has 0 aromatic rings. The van der Waals surface area contributed by atoms with Crippen LogP contribution < -0.4 is 5.73 Å². The van der Waals surface area contributed by atoms with Gasteiger partial charge in [0.15, 0.2) is 0 Å². The molecule has 0 rings (SSSR count). The van der Waals surface area contributed by atoms with Gasteiger partial charge in [0.1, 0.15) is 0 Å². The summed E-state index contributed by atoms with van der Waals surface area (Å²) in [6.07, 6.45) is 8.94. The molecule has 12 heavy (non-hydrogen) atoms. The Morgan fingerprint density at radius 3 is 2.00 bits per heavy atom. The van der Waals surface area contributed by atoms with Crippen molar-refractivity contribution in [1.82, 2.24) is 5.73 Å². The summed E-state index contributed by atoms with van der Waals surface area (Å²) in [5.74, 6) is -0.413. The SMILES string of the molecule is CCCCCCCCCC([NH])=O. The van der Waals surface area contributed by atoms with Crippen LogP contribution in [0.3, 0.4) is 0 Å². The maximum Gasteiger partial charge on any atom is 0.238 e. The number of amides is 1. The first kappa shape index (κ1) is 11.5. The van der Waals surface area contributed by atoms with Crippen LogP contribution in [0.5, 0.6) is 0 Å². The molecule has 0 bridgehead atoms. The highest BCUT2D eigenvalue weighted by Gasteiger charge is 1.94. The highest BCUT2D eigenvalue weighted by molar-refractivity contribution is 5.72. The number of nitrogens with one attached hydrogen (secondary N) is 1. The molecule has 2 nitrogen and oxygen atoms in total. The van der Waals surface area contributed by atoms with Gasteiger partial charge >= 0.3 is 0 Å². The van der Waals surface area contributed by atoms with Gasteiger partial charge in [-0.2, -0.15) is 0 Å². The van der Waals surface area contributed by atoms with Crippen LogP contribution in [0.2, 0.25) is 0 Å². The molecular weight excluding hydrogens is 150 g/mol. The third-order valence-corrected chi connectivity index (χ3v) is 2.01. The number of hydrogen-bond donors (Lipinski definition) is 0. The zero-order chi connectivity index (χ0) is 9.23. The van der Waals surface area contributed by atoms with Crippen LogP contribution in [0.4, 0.5) is 0 Å². The number of hydrogen-bond acceptors (Lipinski definition) is 1. The highest BCUT2D eigenvalue weighted by Crippen LogP contribution is 2.07.